The van der Waals surface area contributed by atoms with Gasteiger partial charge in [0.25, 0.3) is 0 Å². The lowest BCUT2D eigenvalue weighted by Gasteiger charge is -2.11. The summed E-state index contributed by atoms with van der Waals surface area (Å²) in [5, 5.41) is 12.3. The quantitative estimate of drug-likeness (QED) is 0.823. The first-order valence-corrected chi connectivity index (χ1v) is 6.10. The number of aliphatic hydroxyl groups is 1. The molecule has 17 heavy (non-hydrogen) atoms. The molecule has 0 spiro atoms. The van der Waals surface area contributed by atoms with Crippen LogP contribution in [0.1, 0.15) is 45.3 Å². The average Bonchev–Trinajstić information content (AvgIpc) is 2.28. The van der Waals surface area contributed by atoms with Gasteiger partial charge in [-0.15, -0.1) is 0 Å². The Morgan fingerprint density at radius 1 is 1.41 bits per heavy atom. The van der Waals surface area contributed by atoms with Gasteiger partial charge >= 0.3 is 0 Å². The number of aliphatic hydroxyl groups excluding tert-OH is 1. The van der Waals surface area contributed by atoms with Crippen molar-refractivity contribution in [3.8, 4) is 0 Å². The van der Waals surface area contributed by atoms with E-state index in [9.17, 15) is 9.90 Å². The first-order valence-electron chi connectivity index (χ1n) is 6.10. The van der Waals surface area contributed by atoms with Crippen molar-refractivity contribution in [2.45, 2.75) is 39.7 Å². The molecule has 1 aromatic rings. The van der Waals surface area contributed by atoms with Gasteiger partial charge in [-0.3, -0.25) is 4.79 Å². The molecule has 1 amide bonds. The largest absolute Gasteiger partial charge is 0.389 e. The number of carbonyl (C=O) groups excluding carboxylic acids is 1. The van der Waals surface area contributed by atoms with Crippen molar-refractivity contribution < 1.29 is 9.90 Å². The van der Waals surface area contributed by atoms with Gasteiger partial charge in [0.15, 0.2) is 0 Å². The molecule has 0 aliphatic heterocycles. The van der Waals surface area contributed by atoms with Crippen LogP contribution in [0.25, 0.3) is 0 Å². The van der Waals surface area contributed by atoms with E-state index >= 15 is 0 Å². The lowest BCUT2D eigenvalue weighted by atomic mass is 10.0. The zero-order valence-electron chi connectivity index (χ0n) is 10.7. The van der Waals surface area contributed by atoms with E-state index in [1.807, 2.05) is 18.2 Å². The number of anilines is 1. The fourth-order valence-electron chi connectivity index (χ4n) is 1.55. The number of carbonyl (C=O) groups is 1. The van der Waals surface area contributed by atoms with Gasteiger partial charge in [0.2, 0.25) is 5.91 Å². The predicted molar refractivity (Wildman–Crippen MR) is 69.8 cm³/mol. The van der Waals surface area contributed by atoms with E-state index in [-0.39, 0.29) is 5.91 Å². The fraction of sp³-hybridized carbons (Fsp3) is 0.500. The Labute approximate surface area is 103 Å². The summed E-state index contributed by atoms with van der Waals surface area (Å²) in [6.07, 6.45) is 1.03. The molecule has 3 nitrogen and oxygen atoms in total. The zero-order valence-corrected chi connectivity index (χ0v) is 10.7. The van der Waals surface area contributed by atoms with E-state index in [0.717, 1.165) is 17.7 Å². The monoisotopic (exact) mass is 235 g/mol. The second kappa shape index (κ2) is 6.40. The van der Waals surface area contributed by atoms with Crippen LogP contribution in [0.5, 0.6) is 0 Å². The van der Waals surface area contributed by atoms with Crippen LogP contribution in [-0.2, 0) is 4.79 Å². The molecule has 2 N–H and O–H groups in total. The normalized spacial score (nSPS) is 14.1. The van der Waals surface area contributed by atoms with E-state index in [4.69, 9.17) is 0 Å². The number of nitrogens with one attached hydrogen (secondary N) is 1. The van der Waals surface area contributed by atoms with Crippen molar-refractivity contribution in [1.82, 2.24) is 0 Å². The number of hydrogen-bond acceptors (Lipinski definition) is 2. The minimum atomic E-state index is -0.513. The topological polar surface area (TPSA) is 49.3 Å². The second-order valence-electron chi connectivity index (χ2n) is 4.57. The Kier molecular flexibility index (Phi) is 5.16. The Balaban J connectivity index is 2.62. The van der Waals surface area contributed by atoms with Crippen LogP contribution in [0.4, 0.5) is 5.69 Å². The van der Waals surface area contributed by atoms with Crippen LogP contribution in [0.15, 0.2) is 24.3 Å². The Hall–Kier alpha value is -1.35. The maximum Gasteiger partial charge on any atom is 0.224 e. The van der Waals surface area contributed by atoms with Gasteiger partial charge in [0.05, 0.1) is 6.10 Å². The van der Waals surface area contributed by atoms with E-state index in [2.05, 4.69) is 19.2 Å². The smallest absolute Gasteiger partial charge is 0.224 e. The maximum absolute atomic E-state index is 11.7. The molecular formula is C14H21NO2. The molecule has 0 radical (unpaired) electrons. The SMILES string of the molecule is CCC(C)CC(=O)Nc1cccc(C(C)O)c1. The first-order chi connectivity index (χ1) is 8.02. The summed E-state index contributed by atoms with van der Waals surface area (Å²) >= 11 is 0. The molecule has 3 heteroatoms. The highest BCUT2D eigenvalue weighted by Crippen LogP contribution is 2.17. The third-order valence-electron chi connectivity index (χ3n) is 2.88. The van der Waals surface area contributed by atoms with Crippen molar-refractivity contribution >= 4 is 11.6 Å². The predicted octanol–water partition coefficient (Wildman–Crippen LogP) is 3.11. The highest BCUT2D eigenvalue weighted by Gasteiger charge is 2.08. The van der Waals surface area contributed by atoms with E-state index < -0.39 is 6.10 Å². The van der Waals surface area contributed by atoms with Gasteiger partial charge in [-0.25, -0.2) is 0 Å². The molecular weight excluding hydrogens is 214 g/mol. The van der Waals surface area contributed by atoms with Crippen LogP contribution < -0.4 is 5.32 Å². The number of hydrogen-bond donors (Lipinski definition) is 2. The fourth-order valence-corrected chi connectivity index (χ4v) is 1.55. The van der Waals surface area contributed by atoms with Gasteiger partial charge in [0.1, 0.15) is 0 Å². The third kappa shape index (κ3) is 4.57. The number of benzene rings is 1. The first kappa shape index (κ1) is 13.7. The van der Waals surface area contributed by atoms with Crippen molar-refractivity contribution in [3.05, 3.63) is 29.8 Å². The molecule has 0 heterocycles. The molecule has 2 atom stereocenters. The Morgan fingerprint density at radius 3 is 2.71 bits per heavy atom. The molecule has 0 aliphatic rings. The van der Waals surface area contributed by atoms with Gasteiger partial charge in [-0.05, 0) is 30.5 Å². The number of amides is 1. The van der Waals surface area contributed by atoms with Crippen LogP contribution >= 0.6 is 0 Å². The molecule has 0 bridgehead atoms. The summed E-state index contributed by atoms with van der Waals surface area (Å²) in [5.41, 5.74) is 1.56. The van der Waals surface area contributed by atoms with Crippen molar-refractivity contribution in [1.29, 1.82) is 0 Å². The minimum absolute atomic E-state index is 0.0297. The second-order valence-corrected chi connectivity index (χ2v) is 4.57. The van der Waals surface area contributed by atoms with Crippen molar-refractivity contribution in [3.63, 3.8) is 0 Å². The van der Waals surface area contributed by atoms with Gasteiger partial charge in [-0.2, -0.15) is 0 Å². The highest BCUT2D eigenvalue weighted by atomic mass is 16.3. The zero-order chi connectivity index (χ0) is 12.8. The van der Waals surface area contributed by atoms with Crippen LogP contribution in [0.2, 0.25) is 0 Å². The Bertz CT molecular complexity index is 374. The summed E-state index contributed by atoms with van der Waals surface area (Å²) in [6.45, 7) is 5.85. The van der Waals surface area contributed by atoms with Gasteiger partial charge in [0, 0.05) is 12.1 Å². The molecule has 1 aromatic carbocycles. The summed E-state index contributed by atoms with van der Waals surface area (Å²) in [6, 6.07) is 7.31. The number of rotatable bonds is 5. The molecule has 0 saturated carbocycles. The lowest BCUT2D eigenvalue weighted by Crippen LogP contribution is -2.14. The molecule has 0 aromatic heterocycles. The van der Waals surface area contributed by atoms with E-state index in [1.165, 1.54) is 0 Å². The summed E-state index contributed by atoms with van der Waals surface area (Å²) < 4.78 is 0. The van der Waals surface area contributed by atoms with Crippen molar-refractivity contribution in [2.75, 3.05) is 5.32 Å². The highest BCUT2D eigenvalue weighted by molar-refractivity contribution is 5.90. The molecule has 94 valence electrons. The summed E-state index contributed by atoms with van der Waals surface area (Å²) in [5.74, 6) is 0.428. The molecule has 0 aliphatic carbocycles. The van der Waals surface area contributed by atoms with E-state index in [1.54, 1.807) is 13.0 Å². The summed E-state index contributed by atoms with van der Waals surface area (Å²) in [4.78, 5) is 11.7. The Morgan fingerprint density at radius 2 is 2.12 bits per heavy atom. The van der Waals surface area contributed by atoms with Gasteiger partial charge < -0.3 is 10.4 Å². The molecule has 2 unspecified atom stereocenters. The van der Waals surface area contributed by atoms with Gasteiger partial charge in [-0.1, -0.05) is 32.4 Å². The third-order valence-corrected chi connectivity index (χ3v) is 2.88. The van der Waals surface area contributed by atoms with E-state index in [0.29, 0.717) is 12.3 Å². The summed E-state index contributed by atoms with van der Waals surface area (Å²) in [7, 11) is 0. The standard InChI is InChI=1S/C14H21NO2/c1-4-10(2)8-14(17)15-13-7-5-6-12(9-13)11(3)16/h5-7,9-11,16H,4,8H2,1-3H3,(H,15,17). The van der Waals surface area contributed by atoms with Crippen LogP contribution in [-0.4, -0.2) is 11.0 Å². The molecule has 0 fully saturated rings. The average molecular weight is 235 g/mol. The molecule has 0 saturated heterocycles. The maximum atomic E-state index is 11.7. The van der Waals surface area contributed by atoms with Crippen molar-refractivity contribution in [2.24, 2.45) is 5.92 Å². The molecule has 1 rings (SSSR count). The van der Waals surface area contributed by atoms with Crippen LogP contribution in [0, 0.1) is 5.92 Å². The minimum Gasteiger partial charge on any atom is -0.389 e. The van der Waals surface area contributed by atoms with Crippen LogP contribution in [0.3, 0.4) is 0 Å². The lowest BCUT2D eigenvalue weighted by molar-refractivity contribution is -0.117.